The molecule has 2 aromatic rings. The number of halogens is 1. The molecule has 0 aromatic carbocycles. The average molecular weight is 295 g/mol. The highest BCUT2D eigenvalue weighted by Gasteiger charge is 2.21. The minimum absolute atomic E-state index is 0.458. The number of aromatic nitrogens is 3. The van der Waals surface area contributed by atoms with E-state index in [-0.39, 0.29) is 0 Å². The van der Waals surface area contributed by atoms with Crippen molar-refractivity contribution in [1.82, 2.24) is 19.7 Å². The first-order valence-corrected chi connectivity index (χ1v) is 6.84. The van der Waals surface area contributed by atoms with Crippen LogP contribution in [-0.2, 0) is 6.54 Å². The van der Waals surface area contributed by atoms with E-state index in [9.17, 15) is 5.11 Å². The molecule has 0 aliphatic heterocycles. The van der Waals surface area contributed by atoms with Crippen molar-refractivity contribution in [3.8, 4) is 0 Å². The number of hydrogen-bond donors (Lipinski definition) is 1. The molecule has 6 heteroatoms. The van der Waals surface area contributed by atoms with Gasteiger partial charge < -0.3 is 10.0 Å². The Hall–Kier alpha value is -1.43. The van der Waals surface area contributed by atoms with E-state index in [2.05, 4.69) is 15.0 Å². The number of pyridine rings is 1. The third-order valence-electron chi connectivity index (χ3n) is 3.04. The van der Waals surface area contributed by atoms with Crippen LogP contribution in [0.2, 0.25) is 5.02 Å². The van der Waals surface area contributed by atoms with Crippen molar-refractivity contribution in [2.45, 2.75) is 19.6 Å². The molecule has 0 saturated heterocycles. The van der Waals surface area contributed by atoms with Gasteiger partial charge in [0.05, 0.1) is 29.2 Å². The van der Waals surface area contributed by atoms with Gasteiger partial charge in [-0.25, -0.2) is 0 Å². The zero-order valence-corrected chi connectivity index (χ0v) is 12.7. The fourth-order valence-corrected chi connectivity index (χ4v) is 2.22. The lowest BCUT2D eigenvalue weighted by molar-refractivity contribution is 0.201. The second-order valence-electron chi connectivity index (χ2n) is 5.01. The maximum atomic E-state index is 10.5. The first-order chi connectivity index (χ1) is 9.49. The lowest BCUT2D eigenvalue weighted by Crippen LogP contribution is -2.21. The van der Waals surface area contributed by atoms with Crippen LogP contribution in [0.4, 0.5) is 0 Å². The normalized spacial score (nSPS) is 12.9. The van der Waals surface area contributed by atoms with Gasteiger partial charge in [-0.2, -0.15) is 5.10 Å². The third kappa shape index (κ3) is 3.36. The number of aliphatic hydroxyl groups is 1. The Morgan fingerprint density at radius 1 is 1.40 bits per heavy atom. The minimum Gasteiger partial charge on any atom is -0.380 e. The molecule has 0 aliphatic rings. The second kappa shape index (κ2) is 6.35. The Kier molecular flexibility index (Phi) is 4.75. The Morgan fingerprint density at radius 2 is 2.15 bits per heavy atom. The summed E-state index contributed by atoms with van der Waals surface area (Å²) < 4.78 is 1.73. The van der Waals surface area contributed by atoms with Crippen LogP contribution in [0, 0.1) is 6.92 Å². The predicted molar refractivity (Wildman–Crippen MR) is 78.8 cm³/mol. The number of nitrogens with zero attached hydrogens (tertiary/aromatic N) is 4. The first-order valence-electron chi connectivity index (χ1n) is 6.46. The summed E-state index contributed by atoms with van der Waals surface area (Å²) in [6, 6.07) is 5.55. The molecule has 5 nitrogen and oxygen atoms in total. The highest BCUT2D eigenvalue weighted by molar-refractivity contribution is 6.31. The van der Waals surface area contributed by atoms with Crippen LogP contribution < -0.4 is 0 Å². The maximum absolute atomic E-state index is 10.5. The van der Waals surface area contributed by atoms with Crippen molar-refractivity contribution >= 4 is 11.6 Å². The van der Waals surface area contributed by atoms with Crippen LogP contribution in [0.1, 0.15) is 23.2 Å². The van der Waals surface area contributed by atoms with Crippen molar-refractivity contribution in [2.24, 2.45) is 0 Å². The van der Waals surface area contributed by atoms with Gasteiger partial charge in [0.15, 0.2) is 0 Å². The summed E-state index contributed by atoms with van der Waals surface area (Å²) in [5.41, 5.74) is 2.03. The lowest BCUT2D eigenvalue weighted by atomic mass is 10.1. The standard InChI is InChI=1S/C14H19ClN4O/c1-10-5-4-6-12(17-10)14(20)13-11(15)9-16-19(13)8-7-18(2)3/h4-6,9,14,20H,7-8H2,1-3H3. The number of aliphatic hydroxyl groups excluding tert-OH is 1. The molecule has 20 heavy (non-hydrogen) atoms. The Bertz CT molecular complexity index is 582. The van der Waals surface area contributed by atoms with Crippen LogP contribution in [0.25, 0.3) is 0 Å². The number of rotatable bonds is 5. The van der Waals surface area contributed by atoms with Crippen molar-refractivity contribution in [2.75, 3.05) is 20.6 Å². The molecule has 0 amide bonds. The summed E-state index contributed by atoms with van der Waals surface area (Å²) >= 11 is 6.16. The smallest absolute Gasteiger partial charge is 0.139 e. The van der Waals surface area contributed by atoms with Crippen LogP contribution in [0.15, 0.2) is 24.4 Å². The summed E-state index contributed by atoms with van der Waals surface area (Å²) in [6.45, 7) is 3.37. The van der Waals surface area contributed by atoms with E-state index >= 15 is 0 Å². The topological polar surface area (TPSA) is 54.2 Å². The largest absolute Gasteiger partial charge is 0.380 e. The lowest BCUT2D eigenvalue weighted by Gasteiger charge is -2.16. The Labute approximate surface area is 123 Å². The van der Waals surface area contributed by atoms with E-state index in [1.54, 1.807) is 16.9 Å². The first kappa shape index (κ1) is 15.0. The molecule has 0 saturated carbocycles. The summed E-state index contributed by atoms with van der Waals surface area (Å²) in [5.74, 6) is 0. The van der Waals surface area contributed by atoms with Gasteiger partial charge in [0, 0.05) is 12.2 Å². The van der Waals surface area contributed by atoms with Crippen LogP contribution in [-0.4, -0.2) is 45.4 Å². The van der Waals surface area contributed by atoms with Crippen molar-refractivity contribution in [3.63, 3.8) is 0 Å². The average Bonchev–Trinajstić information content (AvgIpc) is 2.76. The van der Waals surface area contributed by atoms with Crippen molar-refractivity contribution in [3.05, 3.63) is 46.5 Å². The van der Waals surface area contributed by atoms with Crippen LogP contribution >= 0.6 is 11.6 Å². The monoisotopic (exact) mass is 294 g/mol. The molecule has 2 aromatic heterocycles. The van der Waals surface area contributed by atoms with E-state index in [1.807, 2.05) is 33.2 Å². The highest BCUT2D eigenvalue weighted by atomic mass is 35.5. The molecule has 0 bridgehead atoms. The van der Waals surface area contributed by atoms with E-state index in [0.29, 0.717) is 23.0 Å². The fourth-order valence-electron chi connectivity index (χ4n) is 1.97. The van der Waals surface area contributed by atoms with Gasteiger partial charge in [0.1, 0.15) is 6.10 Å². The van der Waals surface area contributed by atoms with Crippen molar-refractivity contribution in [1.29, 1.82) is 0 Å². The molecule has 1 N–H and O–H groups in total. The highest BCUT2D eigenvalue weighted by Crippen LogP contribution is 2.27. The van der Waals surface area contributed by atoms with E-state index in [4.69, 9.17) is 11.6 Å². The van der Waals surface area contributed by atoms with Gasteiger partial charge in [0.2, 0.25) is 0 Å². The van der Waals surface area contributed by atoms with Gasteiger partial charge in [0.25, 0.3) is 0 Å². The summed E-state index contributed by atoms with van der Waals surface area (Å²) in [5, 5.41) is 15.2. The number of hydrogen-bond acceptors (Lipinski definition) is 4. The molecule has 0 aliphatic carbocycles. The molecule has 2 heterocycles. The van der Waals surface area contributed by atoms with Gasteiger partial charge in [-0.15, -0.1) is 0 Å². The molecule has 108 valence electrons. The fraction of sp³-hybridized carbons (Fsp3) is 0.429. The molecule has 0 fully saturated rings. The molecular weight excluding hydrogens is 276 g/mol. The predicted octanol–water partition coefficient (Wildman–Crippen LogP) is 1.88. The summed E-state index contributed by atoms with van der Waals surface area (Å²) in [7, 11) is 3.98. The molecule has 1 atom stereocenters. The molecule has 0 spiro atoms. The van der Waals surface area contributed by atoms with Gasteiger partial charge in [-0.3, -0.25) is 9.67 Å². The zero-order chi connectivity index (χ0) is 14.7. The SMILES string of the molecule is Cc1cccc(C(O)c2c(Cl)cnn2CCN(C)C)n1. The number of likely N-dealkylation sites (N-methyl/N-ethyl adjacent to an activating group) is 1. The quantitative estimate of drug-likeness (QED) is 0.915. The Morgan fingerprint density at radius 3 is 2.80 bits per heavy atom. The number of aryl methyl sites for hydroxylation is 1. The molecule has 0 radical (unpaired) electrons. The van der Waals surface area contributed by atoms with E-state index in [1.165, 1.54) is 0 Å². The summed E-state index contributed by atoms with van der Waals surface area (Å²) in [6.07, 6.45) is 0.693. The van der Waals surface area contributed by atoms with E-state index in [0.717, 1.165) is 12.2 Å². The summed E-state index contributed by atoms with van der Waals surface area (Å²) in [4.78, 5) is 6.40. The van der Waals surface area contributed by atoms with Gasteiger partial charge in [-0.1, -0.05) is 17.7 Å². The molecular formula is C14H19ClN4O. The molecule has 2 rings (SSSR count). The van der Waals surface area contributed by atoms with Gasteiger partial charge >= 0.3 is 0 Å². The van der Waals surface area contributed by atoms with Crippen LogP contribution in [0.3, 0.4) is 0 Å². The second-order valence-corrected chi connectivity index (χ2v) is 5.42. The zero-order valence-electron chi connectivity index (χ0n) is 11.9. The van der Waals surface area contributed by atoms with Gasteiger partial charge in [-0.05, 0) is 33.2 Å². The van der Waals surface area contributed by atoms with Crippen molar-refractivity contribution < 1.29 is 5.11 Å². The minimum atomic E-state index is -0.868. The molecule has 1 unspecified atom stereocenters. The van der Waals surface area contributed by atoms with Crippen LogP contribution in [0.5, 0.6) is 0 Å². The maximum Gasteiger partial charge on any atom is 0.139 e. The third-order valence-corrected chi connectivity index (χ3v) is 3.33. The Balaban J connectivity index is 2.29. The van der Waals surface area contributed by atoms with E-state index < -0.39 is 6.10 Å².